The van der Waals surface area contributed by atoms with Crippen LogP contribution < -0.4 is 29.1 Å². The van der Waals surface area contributed by atoms with Crippen molar-refractivity contribution in [3.05, 3.63) is 119 Å². The number of ether oxygens (including phenoxy) is 4. The van der Waals surface area contributed by atoms with Crippen molar-refractivity contribution in [3.63, 3.8) is 0 Å². The first-order valence-electron chi connectivity index (χ1n) is 13.6. The molecule has 11 nitrogen and oxygen atoms in total. The highest BCUT2D eigenvalue weighted by Crippen LogP contribution is 2.36. The number of hydrogen-bond acceptors (Lipinski definition) is 10. The van der Waals surface area contributed by atoms with Crippen LogP contribution in [0, 0.1) is 10.1 Å². The summed E-state index contributed by atoms with van der Waals surface area (Å²) in [5, 5.41) is 12.1. The van der Waals surface area contributed by atoms with Gasteiger partial charge in [-0.1, -0.05) is 53.8 Å². The second-order valence-electron chi connectivity index (χ2n) is 9.65. The predicted molar refractivity (Wildman–Crippen MR) is 165 cm³/mol. The number of aromatic nitrogens is 1. The van der Waals surface area contributed by atoms with Gasteiger partial charge in [0.2, 0.25) is 0 Å². The zero-order chi connectivity index (χ0) is 31.4. The molecule has 0 aliphatic carbocycles. The number of methoxy groups -OCH3 is 2. The van der Waals surface area contributed by atoms with Crippen LogP contribution in [0.15, 0.2) is 82.1 Å². The Morgan fingerprint density at radius 3 is 2.43 bits per heavy atom. The van der Waals surface area contributed by atoms with Crippen LogP contribution in [0.3, 0.4) is 0 Å². The number of nitrogens with zero attached hydrogens (tertiary/aromatic N) is 3. The second kappa shape index (κ2) is 13.0. The monoisotopic (exact) mass is 615 g/mol. The van der Waals surface area contributed by atoms with Gasteiger partial charge in [0.15, 0.2) is 16.3 Å². The number of rotatable bonds is 10. The molecule has 0 radical (unpaired) electrons. The number of carbonyl (C=O) groups excluding carboxylic acids is 1. The van der Waals surface area contributed by atoms with Crippen LogP contribution in [0.25, 0.3) is 11.8 Å². The van der Waals surface area contributed by atoms with E-state index in [1.807, 2.05) is 30.3 Å². The van der Waals surface area contributed by atoms with E-state index in [1.54, 1.807) is 45.2 Å². The van der Waals surface area contributed by atoms with Gasteiger partial charge < -0.3 is 18.9 Å². The molecule has 0 fully saturated rings. The van der Waals surface area contributed by atoms with E-state index in [2.05, 4.69) is 0 Å². The van der Waals surface area contributed by atoms with E-state index in [9.17, 15) is 19.7 Å². The Bertz CT molecular complexity index is 1930. The smallest absolute Gasteiger partial charge is 0.338 e. The third-order valence-electron chi connectivity index (χ3n) is 7.00. The van der Waals surface area contributed by atoms with Gasteiger partial charge in [0, 0.05) is 5.70 Å². The maximum atomic E-state index is 13.7. The highest BCUT2D eigenvalue weighted by molar-refractivity contribution is 7.07. The molecule has 0 spiro atoms. The lowest BCUT2D eigenvalue weighted by atomic mass is 9.96. The van der Waals surface area contributed by atoms with E-state index in [0.717, 1.165) is 16.9 Å². The standard InChI is InChI=1S/C32H29N3O8S/c1-5-42-31(37)28-19(2)34-30(36)27(44-32(34)33-29(28)21-11-13-23(40-3)14-12-21)16-22-15-25(41-4)26(17-24(22)35(38)39)43-18-20-9-7-6-8-10-20/h6-17,29H,5,18H2,1-4H3/b27-16-/t29-/m1/s1. The van der Waals surface area contributed by atoms with Crippen molar-refractivity contribution in [1.82, 2.24) is 4.57 Å². The maximum Gasteiger partial charge on any atom is 0.338 e. The summed E-state index contributed by atoms with van der Waals surface area (Å²) in [6.07, 6.45) is 1.43. The fourth-order valence-corrected chi connectivity index (χ4v) is 5.86. The Morgan fingerprint density at radius 2 is 1.80 bits per heavy atom. The summed E-state index contributed by atoms with van der Waals surface area (Å²) in [6.45, 7) is 3.68. The fourth-order valence-electron chi connectivity index (χ4n) is 4.83. The quantitative estimate of drug-likeness (QED) is 0.146. The molecule has 0 saturated carbocycles. The lowest BCUT2D eigenvalue weighted by Crippen LogP contribution is -2.35. The minimum Gasteiger partial charge on any atom is -0.497 e. The summed E-state index contributed by atoms with van der Waals surface area (Å²) in [4.78, 5) is 43.5. The van der Waals surface area contributed by atoms with E-state index in [1.165, 1.54) is 29.9 Å². The summed E-state index contributed by atoms with van der Waals surface area (Å²) in [5.74, 6) is 0.512. The molecule has 5 rings (SSSR count). The molecule has 4 aromatic rings. The molecule has 1 aliphatic rings. The Hall–Kier alpha value is -5.23. The predicted octanol–water partition coefficient (Wildman–Crippen LogP) is 4.41. The molecule has 226 valence electrons. The van der Waals surface area contributed by atoms with Gasteiger partial charge in [-0.2, -0.15) is 0 Å². The van der Waals surface area contributed by atoms with Gasteiger partial charge in [-0.15, -0.1) is 0 Å². The van der Waals surface area contributed by atoms with E-state index in [4.69, 9.17) is 23.9 Å². The van der Waals surface area contributed by atoms with Gasteiger partial charge in [-0.3, -0.25) is 19.5 Å². The van der Waals surface area contributed by atoms with Gasteiger partial charge in [-0.25, -0.2) is 9.79 Å². The summed E-state index contributed by atoms with van der Waals surface area (Å²) >= 11 is 1.06. The third kappa shape index (κ3) is 5.97. The molecule has 0 unspecified atom stereocenters. The molecule has 0 bridgehead atoms. The van der Waals surface area contributed by atoms with Crippen LogP contribution >= 0.6 is 11.3 Å². The Balaban J connectivity index is 1.63. The van der Waals surface area contributed by atoms with Gasteiger partial charge >= 0.3 is 5.97 Å². The van der Waals surface area contributed by atoms with Crippen LogP contribution in [-0.4, -0.2) is 36.3 Å². The molecule has 0 saturated heterocycles. The fraction of sp³-hybridized carbons (Fsp3) is 0.219. The van der Waals surface area contributed by atoms with Gasteiger partial charge in [0.05, 0.1) is 47.5 Å². The Labute approximate surface area is 256 Å². The molecular weight excluding hydrogens is 586 g/mol. The van der Waals surface area contributed by atoms with Crippen molar-refractivity contribution in [3.8, 4) is 17.2 Å². The number of hydrogen-bond donors (Lipinski definition) is 0. The SMILES string of the molecule is CCOC(=O)C1=C(C)n2c(s/c(=C\c3cc(OC)c(OCc4ccccc4)cc3[N+](=O)[O-])c2=O)=N[C@@H]1c1ccc(OC)cc1. The molecule has 44 heavy (non-hydrogen) atoms. The lowest BCUT2D eigenvalue weighted by molar-refractivity contribution is -0.385. The first-order chi connectivity index (χ1) is 21.2. The number of nitro benzene ring substituents is 1. The molecule has 0 N–H and O–H groups in total. The minimum atomic E-state index is -0.735. The van der Waals surface area contributed by atoms with Crippen molar-refractivity contribution < 1.29 is 28.7 Å². The van der Waals surface area contributed by atoms with Crippen molar-refractivity contribution in [2.45, 2.75) is 26.5 Å². The highest BCUT2D eigenvalue weighted by Gasteiger charge is 2.31. The molecule has 1 aliphatic heterocycles. The van der Waals surface area contributed by atoms with E-state index < -0.39 is 22.5 Å². The molecular formula is C32H29N3O8S. The van der Waals surface area contributed by atoms with Crippen LogP contribution in [-0.2, 0) is 16.1 Å². The minimum absolute atomic E-state index is 0.145. The number of carbonyl (C=O) groups is 1. The molecule has 3 aromatic carbocycles. The van der Waals surface area contributed by atoms with Crippen LogP contribution in [0.4, 0.5) is 5.69 Å². The lowest BCUT2D eigenvalue weighted by Gasteiger charge is -2.22. The molecule has 12 heteroatoms. The molecule has 1 aromatic heterocycles. The summed E-state index contributed by atoms with van der Waals surface area (Å²) in [5.41, 5.74) is 1.59. The number of esters is 1. The highest BCUT2D eigenvalue weighted by atomic mass is 32.1. The zero-order valence-corrected chi connectivity index (χ0v) is 25.3. The Kier molecular flexibility index (Phi) is 8.91. The van der Waals surface area contributed by atoms with Crippen LogP contribution in [0.1, 0.15) is 36.6 Å². The summed E-state index contributed by atoms with van der Waals surface area (Å²) < 4.78 is 23.5. The van der Waals surface area contributed by atoms with Crippen molar-refractivity contribution >= 4 is 34.8 Å². The van der Waals surface area contributed by atoms with Crippen molar-refractivity contribution in [2.75, 3.05) is 20.8 Å². The summed E-state index contributed by atoms with van der Waals surface area (Å²) in [7, 11) is 2.99. The largest absolute Gasteiger partial charge is 0.497 e. The number of allylic oxidation sites excluding steroid dienone is 1. The van der Waals surface area contributed by atoms with Crippen LogP contribution in [0.2, 0.25) is 0 Å². The Morgan fingerprint density at radius 1 is 1.07 bits per heavy atom. The average Bonchev–Trinajstić information content (AvgIpc) is 3.35. The van der Waals surface area contributed by atoms with Gasteiger partial charge in [-0.05, 0) is 49.2 Å². The van der Waals surface area contributed by atoms with E-state index in [-0.39, 0.29) is 46.1 Å². The third-order valence-corrected chi connectivity index (χ3v) is 7.99. The van der Waals surface area contributed by atoms with E-state index >= 15 is 0 Å². The normalized spacial score (nSPS) is 14.5. The van der Waals surface area contributed by atoms with Crippen molar-refractivity contribution in [2.24, 2.45) is 4.99 Å². The first kappa shape index (κ1) is 30.2. The van der Waals surface area contributed by atoms with Gasteiger partial charge in [0.25, 0.3) is 11.2 Å². The zero-order valence-electron chi connectivity index (χ0n) is 24.4. The molecule has 2 heterocycles. The van der Waals surface area contributed by atoms with Crippen LogP contribution in [0.5, 0.6) is 17.2 Å². The molecule has 0 amide bonds. The topological polar surface area (TPSA) is 131 Å². The van der Waals surface area contributed by atoms with Crippen molar-refractivity contribution in [1.29, 1.82) is 0 Å². The molecule has 1 atom stereocenters. The first-order valence-corrected chi connectivity index (χ1v) is 14.4. The number of thiazole rings is 1. The van der Waals surface area contributed by atoms with Gasteiger partial charge in [0.1, 0.15) is 18.4 Å². The number of nitro groups is 1. The number of benzene rings is 3. The maximum absolute atomic E-state index is 13.7. The second-order valence-corrected chi connectivity index (χ2v) is 10.7. The summed E-state index contributed by atoms with van der Waals surface area (Å²) in [6, 6.07) is 18.5. The van der Waals surface area contributed by atoms with E-state index in [0.29, 0.717) is 21.8 Å². The number of fused-ring (bicyclic) bond motifs is 1. The average molecular weight is 616 g/mol.